The van der Waals surface area contributed by atoms with Crippen LogP contribution in [0.4, 0.5) is 11.4 Å². The molecule has 1 aliphatic rings. The molecule has 132 valence electrons. The molecule has 3 rings (SSSR count). The minimum Gasteiger partial charge on any atom is -0.326 e. The van der Waals surface area contributed by atoms with Crippen LogP contribution in [0.1, 0.15) is 19.8 Å². The lowest BCUT2D eigenvalue weighted by atomic mass is 9.87. The van der Waals surface area contributed by atoms with Crippen molar-refractivity contribution in [3.8, 4) is 0 Å². The fraction of sp³-hybridized carbons (Fsp3) is 0.353. The van der Waals surface area contributed by atoms with Crippen molar-refractivity contribution in [3.63, 3.8) is 0 Å². The highest BCUT2D eigenvalue weighted by molar-refractivity contribution is 6.34. The summed E-state index contributed by atoms with van der Waals surface area (Å²) in [6.07, 6.45) is 4.77. The summed E-state index contributed by atoms with van der Waals surface area (Å²) >= 11 is 6.27. The van der Waals surface area contributed by atoms with Crippen LogP contribution < -0.4 is 16.0 Å². The van der Waals surface area contributed by atoms with Gasteiger partial charge in [0.25, 0.3) is 5.91 Å². The molecule has 2 heterocycles. The highest BCUT2D eigenvalue weighted by Gasteiger charge is 2.42. The van der Waals surface area contributed by atoms with E-state index in [1.54, 1.807) is 29.1 Å². The normalized spacial score (nSPS) is 16.2. The topological polar surface area (TPSA) is 88.1 Å². The highest BCUT2D eigenvalue weighted by Crippen LogP contribution is 2.31. The van der Waals surface area contributed by atoms with Gasteiger partial charge in [0.15, 0.2) is 0 Å². The molecule has 1 aromatic carbocycles. The van der Waals surface area contributed by atoms with Crippen LogP contribution in [0, 0.1) is 0 Å². The fourth-order valence-electron chi connectivity index (χ4n) is 3.06. The number of nitrogens with zero attached hydrogens (tertiary/aromatic N) is 2. The minimum atomic E-state index is -0.742. The van der Waals surface area contributed by atoms with Crippen LogP contribution in [0.25, 0.3) is 0 Å². The number of hydrogen-bond donors (Lipinski definition) is 3. The number of anilines is 2. The molecular weight excluding hydrogens is 342 g/mol. The second-order valence-electron chi connectivity index (χ2n) is 6.06. The maximum atomic E-state index is 13.1. The number of rotatable bonds is 4. The molecule has 1 aromatic heterocycles. The number of halogens is 1. The first-order chi connectivity index (χ1) is 12.0. The molecule has 0 radical (unpaired) electrons. The summed E-state index contributed by atoms with van der Waals surface area (Å²) in [6, 6.07) is 6.81. The Morgan fingerprint density at radius 3 is 2.64 bits per heavy atom. The van der Waals surface area contributed by atoms with Crippen molar-refractivity contribution in [2.45, 2.75) is 25.3 Å². The first kappa shape index (κ1) is 17.4. The van der Waals surface area contributed by atoms with Crippen molar-refractivity contribution < 1.29 is 9.59 Å². The summed E-state index contributed by atoms with van der Waals surface area (Å²) in [7, 11) is 0. The molecule has 1 aliphatic heterocycles. The van der Waals surface area contributed by atoms with Crippen LogP contribution in [0.3, 0.4) is 0 Å². The first-order valence-electron chi connectivity index (χ1n) is 8.11. The number of benzene rings is 1. The minimum absolute atomic E-state index is 0.146. The van der Waals surface area contributed by atoms with Gasteiger partial charge in [-0.25, -0.2) is 0 Å². The van der Waals surface area contributed by atoms with Crippen molar-refractivity contribution in [1.82, 2.24) is 15.1 Å². The van der Waals surface area contributed by atoms with Crippen LogP contribution >= 0.6 is 11.6 Å². The Morgan fingerprint density at radius 1 is 1.28 bits per heavy atom. The average molecular weight is 362 g/mol. The first-order valence-corrected chi connectivity index (χ1v) is 8.48. The Balaban J connectivity index is 1.83. The lowest BCUT2D eigenvalue weighted by Crippen LogP contribution is -2.52. The number of piperidine rings is 1. The number of carbonyl (C=O) groups is 2. The predicted molar refractivity (Wildman–Crippen MR) is 96.7 cm³/mol. The lowest BCUT2D eigenvalue weighted by Gasteiger charge is -2.36. The van der Waals surface area contributed by atoms with Crippen LogP contribution in [0.15, 0.2) is 36.7 Å². The number of aromatic nitrogens is 2. The Bertz CT molecular complexity index is 769. The van der Waals surface area contributed by atoms with E-state index in [0.717, 1.165) is 13.1 Å². The molecule has 7 nitrogen and oxygen atoms in total. The monoisotopic (exact) mass is 361 g/mol. The number of hydrogen-bond acceptors (Lipinski definition) is 4. The van der Waals surface area contributed by atoms with Crippen LogP contribution in [-0.2, 0) is 15.1 Å². The average Bonchev–Trinajstić information content (AvgIpc) is 3.12. The van der Waals surface area contributed by atoms with E-state index in [2.05, 4.69) is 21.0 Å². The molecule has 1 saturated heterocycles. The zero-order valence-electron chi connectivity index (χ0n) is 13.9. The molecule has 2 amide bonds. The summed E-state index contributed by atoms with van der Waals surface area (Å²) < 4.78 is 1.72. The molecule has 0 atom stereocenters. The maximum absolute atomic E-state index is 13.1. The smallest absolute Gasteiger partial charge is 0.252 e. The molecule has 2 aromatic rings. The molecule has 25 heavy (non-hydrogen) atoms. The Labute approximate surface area is 150 Å². The van der Waals surface area contributed by atoms with Crippen molar-refractivity contribution in [2.24, 2.45) is 0 Å². The van der Waals surface area contributed by atoms with Crippen molar-refractivity contribution in [2.75, 3.05) is 23.7 Å². The summed E-state index contributed by atoms with van der Waals surface area (Å²) in [6.45, 7) is 2.90. The van der Waals surface area contributed by atoms with Gasteiger partial charge in [0.1, 0.15) is 5.54 Å². The third-order valence-electron chi connectivity index (χ3n) is 4.33. The Hall–Kier alpha value is -2.38. The van der Waals surface area contributed by atoms with Gasteiger partial charge >= 0.3 is 0 Å². The van der Waals surface area contributed by atoms with Crippen molar-refractivity contribution in [3.05, 3.63) is 41.7 Å². The Morgan fingerprint density at radius 2 is 2.04 bits per heavy atom. The van der Waals surface area contributed by atoms with Gasteiger partial charge in [-0.2, -0.15) is 5.10 Å². The standard InChI is InChI=1S/C17H20ClN5O2/c1-12(24)21-13-3-4-15(14(18)11-13)22-16(25)17(5-8-19-9-6-17)23-10-2-7-20-23/h2-4,7,10-11,19H,5-6,8-9H2,1H3,(H,21,24)(H,22,25). The van der Waals surface area contributed by atoms with Gasteiger partial charge in [-0.15, -0.1) is 0 Å². The van der Waals surface area contributed by atoms with E-state index in [4.69, 9.17) is 11.6 Å². The van der Waals surface area contributed by atoms with Gasteiger partial charge in [0, 0.05) is 25.0 Å². The summed E-state index contributed by atoms with van der Waals surface area (Å²) in [5, 5.41) is 13.5. The molecular formula is C17H20ClN5O2. The van der Waals surface area contributed by atoms with Gasteiger partial charge in [-0.05, 0) is 50.2 Å². The molecule has 0 saturated carbocycles. The van der Waals surface area contributed by atoms with E-state index >= 15 is 0 Å². The number of nitrogens with one attached hydrogen (secondary N) is 3. The van der Waals surface area contributed by atoms with Gasteiger partial charge in [0.2, 0.25) is 5.91 Å². The third kappa shape index (κ3) is 3.67. The second kappa shape index (κ2) is 7.25. The van der Waals surface area contributed by atoms with Crippen molar-refractivity contribution in [1.29, 1.82) is 0 Å². The van der Waals surface area contributed by atoms with E-state index in [0.29, 0.717) is 29.2 Å². The maximum Gasteiger partial charge on any atom is 0.252 e. The predicted octanol–water partition coefficient (Wildman–Crippen LogP) is 2.21. The molecule has 0 spiro atoms. The summed E-state index contributed by atoms with van der Waals surface area (Å²) in [4.78, 5) is 24.2. The zero-order valence-corrected chi connectivity index (χ0v) is 14.6. The van der Waals surface area contributed by atoms with Gasteiger partial charge in [-0.3, -0.25) is 14.3 Å². The largest absolute Gasteiger partial charge is 0.326 e. The molecule has 0 aliphatic carbocycles. The van der Waals surface area contributed by atoms with Gasteiger partial charge in [0.05, 0.1) is 10.7 Å². The van der Waals surface area contributed by atoms with Crippen LogP contribution in [0.5, 0.6) is 0 Å². The Kier molecular flexibility index (Phi) is 5.06. The molecule has 1 fully saturated rings. The fourth-order valence-corrected chi connectivity index (χ4v) is 3.29. The van der Waals surface area contributed by atoms with Gasteiger partial charge in [-0.1, -0.05) is 11.6 Å². The molecule has 0 bridgehead atoms. The number of carbonyl (C=O) groups excluding carboxylic acids is 2. The third-order valence-corrected chi connectivity index (χ3v) is 4.65. The van der Waals surface area contributed by atoms with E-state index in [1.807, 2.05) is 12.3 Å². The van der Waals surface area contributed by atoms with E-state index in [1.165, 1.54) is 6.92 Å². The molecule has 3 N–H and O–H groups in total. The zero-order chi connectivity index (χ0) is 17.9. The quantitative estimate of drug-likeness (QED) is 0.779. The molecule has 8 heteroatoms. The van der Waals surface area contributed by atoms with Crippen molar-refractivity contribution >= 4 is 34.8 Å². The highest BCUT2D eigenvalue weighted by atomic mass is 35.5. The van der Waals surface area contributed by atoms with Crippen LogP contribution in [-0.4, -0.2) is 34.7 Å². The van der Waals surface area contributed by atoms with E-state index in [9.17, 15) is 9.59 Å². The number of amides is 2. The van der Waals surface area contributed by atoms with E-state index < -0.39 is 5.54 Å². The lowest BCUT2D eigenvalue weighted by molar-refractivity contribution is -0.126. The molecule has 0 unspecified atom stereocenters. The second-order valence-corrected chi connectivity index (χ2v) is 6.47. The van der Waals surface area contributed by atoms with Crippen LogP contribution in [0.2, 0.25) is 5.02 Å². The van der Waals surface area contributed by atoms with Gasteiger partial charge < -0.3 is 16.0 Å². The SMILES string of the molecule is CC(=O)Nc1ccc(NC(=O)C2(n3cccn3)CCNCC2)c(Cl)c1. The summed E-state index contributed by atoms with van der Waals surface area (Å²) in [5.41, 5.74) is 0.346. The van der Waals surface area contributed by atoms with E-state index in [-0.39, 0.29) is 11.8 Å². The summed E-state index contributed by atoms with van der Waals surface area (Å²) in [5.74, 6) is -0.327.